The third kappa shape index (κ3) is 2.37. The molecule has 80 valence electrons. The lowest BCUT2D eigenvalue weighted by Crippen LogP contribution is -2.01. The molecule has 6 heteroatoms. The SMILES string of the molecule is Nc1cc([N+](=O)[O-])cc(CC=CO)c1N. The van der Waals surface area contributed by atoms with Gasteiger partial charge in [0.25, 0.3) is 5.69 Å². The molecule has 5 N–H and O–H groups in total. The maximum Gasteiger partial charge on any atom is 0.271 e. The van der Waals surface area contributed by atoms with E-state index in [4.69, 9.17) is 16.6 Å². The smallest absolute Gasteiger partial charge is 0.271 e. The van der Waals surface area contributed by atoms with Crippen molar-refractivity contribution in [3.8, 4) is 0 Å². The van der Waals surface area contributed by atoms with Crippen molar-refractivity contribution < 1.29 is 10.0 Å². The Bertz CT molecular complexity index is 415. The number of nitrogens with zero attached hydrogens (tertiary/aromatic N) is 1. The maximum absolute atomic E-state index is 10.5. The van der Waals surface area contributed by atoms with Gasteiger partial charge in [-0.15, -0.1) is 0 Å². The summed E-state index contributed by atoms with van der Waals surface area (Å²) in [4.78, 5) is 9.99. The van der Waals surface area contributed by atoms with Crippen molar-refractivity contribution in [1.82, 2.24) is 0 Å². The van der Waals surface area contributed by atoms with Crippen LogP contribution in [0.4, 0.5) is 17.1 Å². The van der Waals surface area contributed by atoms with Gasteiger partial charge in [-0.2, -0.15) is 0 Å². The highest BCUT2D eigenvalue weighted by atomic mass is 16.6. The van der Waals surface area contributed by atoms with Crippen LogP contribution in [-0.4, -0.2) is 10.0 Å². The van der Waals surface area contributed by atoms with Crippen LogP contribution >= 0.6 is 0 Å². The molecule has 0 amide bonds. The number of allylic oxidation sites excluding steroid dienone is 1. The van der Waals surface area contributed by atoms with Crippen molar-refractivity contribution in [2.75, 3.05) is 11.5 Å². The number of rotatable bonds is 3. The van der Waals surface area contributed by atoms with E-state index in [1.54, 1.807) is 0 Å². The molecule has 6 nitrogen and oxygen atoms in total. The van der Waals surface area contributed by atoms with Crippen molar-refractivity contribution in [3.05, 3.63) is 40.1 Å². The molecule has 0 aromatic heterocycles. The molecule has 1 aromatic rings. The van der Waals surface area contributed by atoms with Crippen LogP contribution in [0, 0.1) is 10.1 Å². The Kier molecular flexibility index (Phi) is 3.12. The van der Waals surface area contributed by atoms with Crippen molar-refractivity contribution in [3.63, 3.8) is 0 Å². The molecule has 0 unspecified atom stereocenters. The van der Waals surface area contributed by atoms with E-state index in [1.165, 1.54) is 18.2 Å². The Balaban J connectivity index is 3.18. The van der Waals surface area contributed by atoms with Crippen LogP contribution in [0.3, 0.4) is 0 Å². The van der Waals surface area contributed by atoms with Gasteiger partial charge in [-0.25, -0.2) is 0 Å². The zero-order valence-electron chi connectivity index (χ0n) is 7.88. The number of nitrogen functional groups attached to an aromatic ring is 2. The summed E-state index contributed by atoms with van der Waals surface area (Å²) in [7, 11) is 0. The number of non-ortho nitro benzene ring substituents is 1. The number of nitro benzene ring substituents is 1. The minimum atomic E-state index is -0.540. The Labute approximate surface area is 86.0 Å². The highest BCUT2D eigenvalue weighted by molar-refractivity contribution is 5.71. The van der Waals surface area contributed by atoms with E-state index in [9.17, 15) is 10.1 Å². The zero-order chi connectivity index (χ0) is 11.4. The number of nitrogens with two attached hydrogens (primary N) is 2. The summed E-state index contributed by atoms with van der Waals surface area (Å²) in [5.41, 5.74) is 12.0. The van der Waals surface area contributed by atoms with E-state index >= 15 is 0 Å². The topological polar surface area (TPSA) is 115 Å². The average Bonchev–Trinajstić information content (AvgIpc) is 2.19. The number of benzene rings is 1. The number of hydrogen-bond acceptors (Lipinski definition) is 5. The molecule has 0 spiro atoms. The molecule has 1 rings (SSSR count). The first-order valence-corrected chi connectivity index (χ1v) is 4.17. The van der Waals surface area contributed by atoms with E-state index in [-0.39, 0.29) is 11.4 Å². The van der Waals surface area contributed by atoms with Crippen molar-refractivity contribution >= 4 is 17.1 Å². The minimum Gasteiger partial charge on any atom is -0.516 e. The summed E-state index contributed by atoms with van der Waals surface area (Å²) in [5.74, 6) is 0. The number of aliphatic hydroxyl groups is 1. The van der Waals surface area contributed by atoms with Crippen LogP contribution in [0.5, 0.6) is 0 Å². The van der Waals surface area contributed by atoms with Crippen LogP contribution in [0.2, 0.25) is 0 Å². The molecule has 0 atom stereocenters. The minimum absolute atomic E-state index is 0.108. The number of aliphatic hydroxyl groups excluding tert-OH is 1. The second-order valence-corrected chi connectivity index (χ2v) is 2.95. The monoisotopic (exact) mass is 209 g/mol. The van der Waals surface area contributed by atoms with Gasteiger partial charge in [0, 0.05) is 12.1 Å². The van der Waals surface area contributed by atoms with Crippen LogP contribution in [0.1, 0.15) is 5.56 Å². The lowest BCUT2D eigenvalue weighted by molar-refractivity contribution is -0.384. The van der Waals surface area contributed by atoms with Crippen molar-refractivity contribution in [2.24, 2.45) is 0 Å². The molecular weight excluding hydrogens is 198 g/mol. The lowest BCUT2D eigenvalue weighted by Gasteiger charge is -2.05. The Hall–Kier alpha value is -2.24. The third-order valence-electron chi connectivity index (χ3n) is 1.94. The summed E-state index contributed by atoms with van der Waals surface area (Å²) < 4.78 is 0. The van der Waals surface area contributed by atoms with E-state index in [1.807, 2.05) is 0 Å². The molecule has 0 fully saturated rings. The van der Waals surface area contributed by atoms with E-state index in [2.05, 4.69) is 0 Å². The number of anilines is 2. The molecule has 15 heavy (non-hydrogen) atoms. The van der Waals surface area contributed by atoms with Gasteiger partial charge in [0.05, 0.1) is 22.6 Å². The van der Waals surface area contributed by atoms with Crippen LogP contribution < -0.4 is 11.5 Å². The second kappa shape index (κ2) is 4.32. The highest BCUT2D eigenvalue weighted by Gasteiger charge is 2.11. The summed E-state index contributed by atoms with van der Waals surface area (Å²) in [6, 6.07) is 2.55. The number of nitro groups is 1. The van der Waals surface area contributed by atoms with Gasteiger partial charge in [-0.3, -0.25) is 10.1 Å². The van der Waals surface area contributed by atoms with Crippen LogP contribution in [0.15, 0.2) is 24.5 Å². The first kappa shape index (κ1) is 10.8. The fourth-order valence-electron chi connectivity index (χ4n) is 1.17. The van der Waals surface area contributed by atoms with E-state index in [0.29, 0.717) is 17.7 Å². The first-order chi connectivity index (χ1) is 7.06. The predicted molar refractivity (Wildman–Crippen MR) is 57.4 cm³/mol. The van der Waals surface area contributed by atoms with Crippen molar-refractivity contribution in [2.45, 2.75) is 6.42 Å². The first-order valence-electron chi connectivity index (χ1n) is 4.17. The largest absolute Gasteiger partial charge is 0.516 e. The molecule has 0 radical (unpaired) electrons. The fraction of sp³-hybridized carbons (Fsp3) is 0.111. The molecule has 0 aliphatic rings. The molecule has 0 aliphatic carbocycles. The van der Waals surface area contributed by atoms with Gasteiger partial charge in [-0.05, 0) is 18.1 Å². The second-order valence-electron chi connectivity index (χ2n) is 2.95. The summed E-state index contributed by atoms with van der Waals surface area (Å²) in [6.07, 6.45) is 2.58. The molecule has 1 aromatic carbocycles. The van der Waals surface area contributed by atoms with Gasteiger partial charge in [0.2, 0.25) is 0 Å². The maximum atomic E-state index is 10.5. The molecule has 0 bridgehead atoms. The Morgan fingerprint density at radius 3 is 2.67 bits per heavy atom. The lowest BCUT2D eigenvalue weighted by atomic mass is 10.1. The number of hydrogen-bond donors (Lipinski definition) is 3. The van der Waals surface area contributed by atoms with Gasteiger partial charge >= 0.3 is 0 Å². The predicted octanol–water partition coefficient (Wildman–Crippen LogP) is 1.37. The Morgan fingerprint density at radius 1 is 1.47 bits per heavy atom. The molecule has 0 aliphatic heterocycles. The molecular formula is C9H11N3O3. The van der Waals surface area contributed by atoms with Crippen molar-refractivity contribution in [1.29, 1.82) is 0 Å². The molecule has 0 heterocycles. The summed E-state index contributed by atoms with van der Waals surface area (Å²) >= 11 is 0. The normalized spacial score (nSPS) is 10.7. The quantitative estimate of drug-likeness (QED) is 0.301. The van der Waals surface area contributed by atoms with Gasteiger partial charge in [-0.1, -0.05) is 0 Å². The van der Waals surface area contributed by atoms with Gasteiger partial charge < -0.3 is 16.6 Å². The zero-order valence-corrected chi connectivity index (χ0v) is 7.88. The van der Waals surface area contributed by atoms with Crippen LogP contribution in [0.25, 0.3) is 0 Å². The van der Waals surface area contributed by atoms with Crippen LogP contribution in [-0.2, 0) is 6.42 Å². The fourth-order valence-corrected chi connectivity index (χ4v) is 1.17. The molecule has 0 saturated heterocycles. The average molecular weight is 209 g/mol. The standard InChI is InChI=1S/C9H11N3O3/c10-8-5-7(12(14)15)4-6(9(8)11)2-1-3-13/h1,3-5,13H,2,10-11H2. The van der Waals surface area contributed by atoms with Gasteiger partial charge in [0.1, 0.15) is 0 Å². The summed E-state index contributed by atoms with van der Waals surface area (Å²) in [6.45, 7) is 0. The van der Waals surface area contributed by atoms with E-state index in [0.717, 1.165) is 6.26 Å². The summed E-state index contributed by atoms with van der Waals surface area (Å²) in [5, 5.41) is 19.0. The van der Waals surface area contributed by atoms with E-state index < -0.39 is 4.92 Å². The Morgan fingerprint density at radius 2 is 2.13 bits per heavy atom. The van der Waals surface area contributed by atoms with Gasteiger partial charge in [0.15, 0.2) is 0 Å². The highest BCUT2D eigenvalue weighted by Crippen LogP contribution is 2.27. The molecule has 0 saturated carbocycles. The third-order valence-corrected chi connectivity index (χ3v) is 1.94.